The normalized spacial score (nSPS) is 21.0. The molecule has 2 aliphatic rings. The van der Waals surface area contributed by atoms with E-state index in [0.717, 1.165) is 31.2 Å². The van der Waals surface area contributed by atoms with Gasteiger partial charge in [-0.15, -0.1) is 0 Å². The summed E-state index contributed by atoms with van der Waals surface area (Å²) < 4.78 is 11.3. The topological polar surface area (TPSA) is 64.7 Å². The highest BCUT2D eigenvalue weighted by Crippen LogP contribution is 2.50. The van der Waals surface area contributed by atoms with Crippen LogP contribution in [0.15, 0.2) is 10.5 Å². The van der Waals surface area contributed by atoms with Gasteiger partial charge in [-0.1, -0.05) is 19.3 Å². The molecule has 0 spiro atoms. The second-order valence-electron chi connectivity index (χ2n) is 5.04. The van der Waals surface area contributed by atoms with Crippen LogP contribution in [0.4, 0.5) is 0 Å². The van der Waals surface area contributed by atoms with E-state index in [2.05, 4.69) is 15.9 Å². The highest BCUT2D eigenvalue weighted by Gasteiger charge is 2.35. The third kappa shape index (κ3) is 1.77. The Morgan fingerprint density at radius 2 is 1.94 bits per heavy atom. The molecule has 4 nitrogen and oxygen atoms in total. The molecular formula is C13H16BrNO3. The van der Waals surface area contributed by atoms with Crippen molar-refractivity contribution in [1.29, 1.82) is 0 Å². The van der Waals surface area contributed by atoms with Gasteiger partial charge in [0.05, 0.1) is 0 Å². The van der Waals surface area contributed by atoms with Gasteiger partial charge in [-0.05, 0) is 34.8 Å². The zero-order chi connectivity index (χ0) is 12.8. The SMILES string of the molecule is NC1(c2cc3c(c(Br)c2O)OCO3)CCCCC1. The number of phenolic OH excluding ortho intramolecular Hbond substituents is 1. The molecule has 1 aromatic carbocycles. The number of aromatic hydroxyl groups is 1. The lowest BCUT2D eigenvalue weighted by Gasteiger charge is -2.34. The first kappa shape index (κ1) is 12.1. The highest BCUT2D eigenvalue weighted by molar-refractivity contribution is 9.10. The standard InChI is InChI=1S/C13H16BrNO3/c14-10-11(16)8(6-9-12(10)18-7-17-9)13(15)4-2-1-3-5-13/h6,16H,1-5,7,15H2. The molecule has 1 aromatic rings. The van der Waals surface area contributed by atoms with Crippen molar-refractivity contribution in [2.24, 2.45) is 5.73 Å². The minimum Gasteiger partial charge on any atom is -0.506 e. The van der Waals surface area contributed by atoms with Gasteiger partial charge in [0.15, 0.2) is 11.5 Å². The Hall–Kier alpha value is -0.940. The van der Waals surface area contributed by atoms with Gasteiger partial charge >= 0.3 is 0 Å². The lowest BCUT2D eigenvalue weighted by atomic mass is 9.77. The van der Waals surface area contributed by atoms with E-state index in [1.165, 1.54) is 6.42 Å². The minimum atomic E-state index is -0.453. The smallest absolute Gasteiger partial charge is 0.231 e. The molecule has 0 unspecified atom stereocenters. The van der Waals surface area contributed by atoms with E-state index < -0.39 is 5.54 Å². The Balaban J connectivity index is 2.09. The first-order valence-corrected chi connectivity index (χ1v) is 7.01. The Morgan fingerprint density at radius 3 is 2.67 bits per heavy atom. The molecule has 3 rings (SSSR count). The van der Waals surface area contributed by atoms with Gasteiger partial charge in [0.2, 0.25) is 6.79 Å². The van der Waals surface area contributed by atoms with E-state index in [-0.39, 0.29) is 12.5 Å². The van der Waals surface area contributed by atoms with Crippen LogP contribution >= 0.6 is 15.9 Å². The number of halogens is 1. The number of hydrogen-bond acceptors (Lipinski definition) is 4. The van der Waals surface area contributed by atoms with Crippen molar-refractivity contribution >= 4 is 15.9 Å². The lowest BCUT2D eigenvalue weighted by Crippen LogP contribution is -2.38. The molecule has 1 aliphatic heterocycles. The van der Waals surface area contributed by atoms with E-state index in [0.29, 0.717) is 16.0 Å². The predicted molar refractivity (Wildman–Crippen MR) is 70.9 cm³/mol. The monoisotopic (exact) mass is 313 g/mol. The molecule has 0 bridgehead atoms. The molecule has 1 heterocycles. The Kier molecular flexibility index (Phi) is 2.90. The number of benzene rings is 1. The van der Waals surface area contributed by atoms with Crippen molar-refractivity contribution in [2.45, 2.75) is 37.6 Å². The summed E-state index contributed by atoms with van der Waals surface area (Å²) in [4.78, 5) is 0. The van der Waals surface area contributed by atoms with Crippen molar-refractivity contribution in [3.8, 4) is 17.2 Å². The molecular weight excluding hydrogens is 298 g/mol. The van der Waals surface area contributed by atoms with E-state index in [1.54, 1.807) is 0 Å². The summed E-state index contributed by atoms with van der Waals surface area (Å²) >= 11 is 3.36. The van der Waals surface area contributed by atoms with Crippen LogP contribution in [0.1, 0.15) is 37.7 Å². The quantitative estimate of drug-likeness (QED) is 0.836. The molecule has 1 aliphatic carbocycles. The van der Waals surface area contributed by atoms with Crippen molar-refractivity contribution in [1.82, 2.24) is 0 Å². The molecule has 3 N–H and O–H groups in total. The maximum atomic E-state index is 10.3. The van der Waals surface area contributed by atoms with Gasteiger partial charge < -0.3 is 20.3 Å². The van der Waals surface area contributed by atoms with Crippen molar-refractivity contribution in [2.75, 3.05) is 6.79 Å². The molecule has 98 valence electrons. The number of nitrogens with two attached hydrogens (primary N) is 1. The molecule has 1 saturated carbocycles. The number of fused-ring (bicyclic) bond motifs is 1. The summed E-state index contributed by atoms with van der Waals surface area (Å²) in [6.45, 7) is 0.189. The molecule has 0 radical (unpaired) electrons. The molecule has 5 heteroatoms. The zero-order valence-corrected chi connectivity index (χ0v) is 11.6. The summed E-state index contributed by atoms with van der Waals surface area (Å²) in [7, 11) is 0. The summed E-state index contributed by atoms with van der Waals surface area (Å²) in [6, 6.07) is 1.83. The van der Waals surface area contributed by atoms with Gasteiger partial charge in [0.1, 0.15) is 10.2 Å². The number of rotatable bonds is 1. The average molecular weight is 314 g/mol. The number of hydrogen-bond donors (Lipinski definition) is 2. The minimum absolute atomic E-state index is 0.184. The van der Waals surface area contributed by atoms with Crippen molar-refractivity contribution in [3.63, 3.8) is 0 Å². The van der Waals surface area contributed by atoms with Gasteiger partial charge in [0, 0.05) is 11.1 Å². The fraction of sp³-hybridized carbons (Fsp3) is 0.538. The molecule has 1 fully saturated rings. The van der Waals surface area contributed by atoms with Crippen LogP contribution in [0.3, 0.4) is 0 Å². The summed E-state index contributed by atoms with van der Waals surface area (Å²) in [6.07, 6.45) is 5.20. The third-order valence-corrected chi connectivity index (χ3v) is 4.60. The fourth-order valence-corrected chi connectivity index (χ4v) is 3.35. The third-order valence-electron chi connectivity index (χ3n) is 3.86. The summed E-state index contributed by atoms with van der Waals surface area (Å²) in [5.41, 5.74) is 6.78. The van der Waals surface area contributed by atoms with Crippen molar-refractivity contribution in [3.05, 3.63) is 16.1 Å². The van der Waals surface area contributed by atoms with Crippen LogP contribution in [0.5, 0.6) is 17.2 Å². The van der Waals surface area contributed by atoms with Crippen molar-refractivity contribution < 1.29 is 14.6 Å². The maximum absolute atomic E-state index is 10.3. The summed E-state index contributed by atoms with van der Waals surface area (Å²) in [5.74, 6) is 1.41. The van der Waals surface area contributed by atoms with E-state index >= 15 is 0 Å². The zero-order valence-electron chi connectivity index (χ0n) is 10.0. The largest absolute Gasteiger partial charge is 0.506 e. The van der Waals surface area contributed by atoms with E-state index in [1.807, 2.05) is 6.07 Å². The van der Waals surface area contributed by atoms with Gasteiger partial charge in [-0.2, -0.15) is 0 Å². The maximum Gasteiger partial charge on any atom is 0.231 e. The Morgan fingerprint density at radius 1 is 1.22 bits per heavy atom. The molecule has 0 atom stereocenters. The van der Waals surface area contributed by atoms with Gasteiger partial charge in [-0.25, -0.2) is 0 Å². The first-order valence-electron chi connectivity index (χ1n) is 6.22. The Bertz CT molecular complexity index is 484. The second kappa shape index (κ2) is 4.31. The fourth-order valence-electron chi connectivity index (χ4n) is 2.82. The van der Waals surface area contributed by atoms with E-state index in [4.69, 9.17) is 15.2 Å². The van der Waals surface area contributed by atoms with Gasteiger partial charge in [-0.3, -0.25) is 0 Å². The molecule has 0 aromatic heterocycles. The molecule has 18 heavy (non-hydrogen) atoms. The van der Waals surface area contributed by atoms with Gasteiger partial charge in [0.25, 0.3) is 0 Å². The van der Waals surface area contributed by atoms with E-state index in [9.17, 15) is 5.11 Å². The molecule has 0 saturated heterocycles. The van der Waals surface area contributed by atoms with Crippen LogP contribution in [0.25, 0.3) is 0 Å². The Labute approximate surface area is 114 Å². The lowest BCUT2D eigenvalue weighted by molar-refractivity contribution is 0.173. The summed E-state index contributed by atoms with van der Waals surface area (Å²) in [5, 5.41) is 10.3. The van der Waals surface area contributed by atoms with Crippen LogP contribution in [-0.2, 0) is 5.54 Å². The first-order chi connectivity index (χ1) is 8.62. The second-order valence-corrected chi connectivity index (χ2v) is 5.83. The predicted octanol–water partition coefficient (Wildman–Crippen LogP) is 3.00. The van der Waals surface area contributed by atoms with Crippen LogP contribution in [-0.4, -0.2) is 11.9 Å². The van der Waals surface area contributed by atoms with Crippen LogP contribution < -0.4 is 15.2 Å². The highest BCUT2D eigenvalue weighted by atomic mass is 79.9. The van der Waals surface area contributed by atoms with Crippen LogP contribution in [0, 0.1) is 0 Å². The van der Waals surface area contributed by atoms with Crippen LogP contribution in [0.2, 0.25) is 0 Å². The number of phenols is 1. The average Bonchev–Trinajstić information content (AvgIpc) is 2.83. The number of ether oxygens (including phenoxy) is 2. The molecule has 0 amide bonds.